The SMILES string of the molecule is Cc1ccc(C(C)CO)c(OC(C)C)c1C. The van der Waals surface area contributed by atoms with Crippen LogP contribution in [0.5, 0.6) is 5.75 Å². The van der Waals surface area contributed by atoms with Crippen molar-refractivity contribution in [3.05, 3.63) is 28.8 Å². The molecule has 1 atom stereocenters. The van der Waals surface area contributed by atoms with Crippen LogP contribution in [0.2, 0.25) is 0 Å². The Bertz CT molecular complexity index is 356. The molecule has 0 amide bonds. The number of benzene rings is 1. The molecular weight excluding hydrogens is 200 g/mol. The van der Waals surface area contributed by atoms with E-state index in [1.165, 1.54) is 11.1 Å². The average Bonchev–Trinajstić information content (AvgIpc) is 2.23. The lowest BCUT2D eigenvalue weighted by atomic mass is 9.96. The topological polar surface area (TPSA) is 29.5 Å². The molecule has 1 unspecified atom stereocenters. The second-order valence-electron chi connectivity index (χ2n) is 4.68. The number of rotatable bonds is 4. The molecule has 0 aliphatic rings. The van der Waals surface area contributed by atoms with Gasteiger partial charge in [0.05, 0.1) is 6.10 Å². The summed E-state index contributed by atoms with van der Waals surface area (Å²) in [5.74, 6) is 1.06. The van der Waals surface area contributed by atoms with E-state index in [2.05, 4.69) is 26.0 Å². The van der Waals surface area contributed by atoms with Crippen molar-refractivity contribution < 1.29 is 9.84 Å². The zero-order valence-electron chi connectivity index (χ0n) is 10.9. The minimum absolute atomic E-state index is 0.119. The minimum atomic E-state index is 0.119. The third-order valence-corrected chi connectivity index (χ3v) is 2.87. The van der Waals surface area contributed by atoms with Gasteiger partial charge < -0.3 is 9.84 Å². The van der Waals surface area contributed by atoms with Gasteiger partial charge >= 0.3 is 0 Å². The van der Waals surface area contributed by atoms with Gasteiger partial charge in [-0.05, 0) is 44.4 Å². The highest BCUT2D eigenvalue weighted by atomic mass is 16.5. The lowest BCUT2D eigenvalue weighted by Gasteiger charge is -2.21. The number of ether oxygens (including phenoxy) is 1. The molecule has 90 valence electrons. The van der Waals surface area contributed by atoms with Crippen LogP contribution in [0.4, 0.5) is 0 Å². The first-order valence-electron chi connectivity index (χ1n) is 5.85. The normalized spacial score (nSPS) is 12.9. The Kier molecular flexibility index (Phi) is 4.36. The van der Waals surface area contributed by atoms with Crippen LogP contribution in [0.1, 0.15) is 43.4 Å². The van der Waals surface area contributed by atoms with Crippen LogP contribution in [0.25, 0.3) is 0 Å². The molecule has 2 heteroatoms. The van der Waals surface area contributed by atoms with E-state index >= 15 is 0 Å². The minimum Gasteiger partial charge on any atom is -0.490 e. The standard InChI is InChI=1S/C14H22O2/c1-9(2)16-14-12(5)10(3)6-7-13(14)11(4)8-15/h6-7,9,11,15H,8H2,1-5H3. The van der Waals surface area contributed by atoms with Gasteiger partial charge in [-0.3, -0.25) is 0 Å². The monoisotopic (exact) mass is 222 g/mol. The first-order valence-corrected chi connectivity index (χ1v) is 5.85. The summed E-state index contributed by atoms with van der Waals surface area (Å²) in [4.78, 5) is 0. The molecule has 1 rings (SSSR count). The van der Waals surface area contributed by atoms with Crippen LogP contribution in [-0.4, -0.2) is 17.8 Å². The van der Waals surface area contributed by atoms with Crippen LogP contribution in [-0.2, 0) is 0 Å². The summed E-state index contributed by atoms with van der Waals surface area (Å²) in [6.45, 7) is 10.4. The van der Waals surface area contributed by atoms with Gasteiger partial charge in [0.1, 0.15) is 5.75 Å². The predicted molar refractivity (Wildman–Crippen MR) is 67.2 cm³/mol. The Morgan fingerprint density at radius 2 is 1.81 bits per heavy atom. The Labute approximate surface area is 98.3 Å². The Morgan fingerprint density at radius 3 is 2.31 bits per heavy atom. The van der Waals surface area contributed by atoms with Crippen molar-refractivity contribution in [1.82, 2.24) is 0 Å². The molecule has 0 radical (unpaired) electrons. The molecule has 0 saturated carbocycles. The van der Waals surface area contributed by atoms with Crippen molar-refractivity contribution in [2.45, 2.75) is 46.6 Å². The first-order chi connectivity index (χ1) is 7.47. The van der Waals surface area contributed by atoms with Crippen molar-refractivity contribution in [1.29, 1.82) is 0 Å². The largest absolute Gasteiger partial charge is 0.490 e. The van der Waals surface area contributed by atoms with Gasteiger partial charge in [-0.2, -0.15) is 0 Å². The number of aliphatic hydroxyl groups excluding tert-OH is 1. The van der Waals surface area contributed by atoms with Crippen LogP contribution in [0.3, 0.4) is 0 Å². The summed E-state index contributed by atoms with van der Waals surface area (Å²) in [5, 5.41) is 9.25. The molecule has 0 heterocycles. The highest BCUT2D eigenvalue weighted by Crippen LogP contribution is 2.32. The maximum atomic E-state index is 9.25. The van der Waals surface area contributed by atoms with Crippen molar-refractivity contribution in [2.24, 2.45) is 0 Å². The molecule has 0 aliphatic heterocycles. The number of aryl methyl sites for hydroxylation is 1. The maximum absolute atomic E-state index is 9.25. The van der Waals surface area contributed by atoms with Gasteiger partial charge in [0.15, 0.2) is 0 Å². The third kappa shape index (κ3) is 2.76. The molecule has 16 heavy (non-hydrogen) atoms. The maximum Gasteiger partial charge on any atom is 0.126 e. The van der Waals surface area contributed by atoms with E-state index < -0.39 is 0 Å². The highest BCUT2D eigenvalue weighted by molar-refractivity contribution is 5.47. The lowest BCUT2D eigenvalue weighted by molar-refractivity contribution is 0.229. The van der Waals surface area contributed by atoms with E-state index in [4.69, 9.17) is 4.74 Å². The fraction of sp³-hybridized carbons (Fsp3) is 0.571. The average molecular weight is 222 g/mol. The summed E-state index contributed by atoms with van der Waals surface area (Å²) in [5.41, 5.74) is 3.50. The molecule has 1 N–H and O–H groups in total. The fourth-order valence-corrected chi connectivity index (χ4v) is 1.69. The van der Waals surface area contributed by atoms with Gasteiger partial charge in [-0.15, -0.1) is 0 Å². The summed E-state index contributed by atoms with van der Waals surface area (Å²) < 4.78 is 5.87. The quantitative estimate of drug-likeness (QED) is 0.847. The smallest absolute Gasteiger partial charge is 0.126 e. The second-order valence-corrected chi connectivity index (χ2v) is 4.68. The molecule has 0 aliphatic carbocycles. The van der Waals surface area contributed by atoms with Gasteiger partial charge in [-0.1, -0.05) is 19.1 Å². The first kappa shape index (κ1) is 13.0. The summed E-state index contributed by atoms with van der Waals surface area (Å²) in [6.07, 6.45) is 0.158. The Morgan fingerprint density at radius 1 is 1.19 bits per heavy atom. The summed E-state index contributed by atoms with van der Waals surface area (Å²) in [7, 11) is 0. The van der Waals surface area contributed by atoms with E-state index in [0.29, 0.717) is 0 Å². The third-order valence-electron chi connectivity index (χ3n) is 2.87. The second kappa shape index (κ2) is 5.35. The van der Waals surface area contributed by atoms with E-state index in [0.717, 1.165) is 11.3 Å². The zero-order valence-corrected chi connectivity index (χ0v) is 10.9. The van der Waals surface area contributed by atoms with Crippen LogP contribution in [0, 0.1) is 13.8 Å². The van der Waals surface area contributed by atoms with Gasteiger partial charge in [0.2, 0.25) is 0 Å². The highest BCUT2D eigenvalue weighted by Gasteiger charge is 2.15. The van der Waals surface area contributed by atoms with Crippen LogP contribution in [0.15, 0.2) is 12.1 Å². The molecule has 2 nitrogen and oxygen atoms in total. The van der Waals surface area contributed by atoms with E-state index in [1.54, 1.807) is 0 Å². The van der Waals surface area contributed by atoms with Crippen molar-refractivity contribution >= 4 is 0 Å². The number of aliphatic hydroxyl groups is 1. The molecule has 0 bridgehead atoms. The zero-order chi connectivity index (χ0) is 12.3. The van der Waals surface area contributed by atoms with Crippen molar-refractivity contribution in [3.63, 3.8) is 0 Å². The predicted octanol–water partition coefficient (Wildman–Crippen LogP) is 3.19. The van der Waals surface area contributed by atoms with Crippen molar-refractivity contribution in [3.8, 4) is 5.75 Å². The van der Waals surface area contributed by atoms with Crippen LogP contribution < -0.4 is 4.74 Å². The molecule has 1 aromatic carbocycles. The molecule has 0 aromatic heterocycles. The Hall–Kier alpha value is -1.02. The van der Waals surface area contributed by atoms with Gasteiger partial charge in [0.25, 0.3) is 0 Å². The van der Waals surface area contributed by atoms with Gasteiger partial charge in [0, 0.05) is 12.5 Å². The summed E-state index contributed by atoms with van der Waals surface area (Å²) >= 11 is 0. The van der Waals surface area contributed by atoms with E-state index in [-0.39, 0.29) is 18.6 Å². The number of hydrogen-bond acceptors (Lipinski definition) is 2. The molecule has 0 fully saturated rings. The summed E-state index contributed by atoms with van der Waals surface area (Å²) in [6, 6.07) is 4.14. The Balaban J connectivity index is 3.21. The molecule has 0 saturated heterocycles. The molecule has 0 spiro atoms. The van der Waals surface area contributed by atoms with Crippen molar-refractivity contribution in [2.75, 3.05) is 6.61 Å². The van der Waals surface area contributed by atoms with Gasteiger partial charge in [-0.25, -0.2) is 0 Å². The molecular formula is C14H22O2. The fourth-order valence-electron chi connectivity index (χ4n) is 1.69. The van der Waals surface area contributed by atoms with E-state index in [9.17, 15) is 5.11 Å². The van der Waals surface area contributed by atoms with Crippen LogP contribution >= 0.6 is 0 Å². The van der Waals surface area contributed by atoms with E-state index in [1.807, 2.05) is 20.8 Å². The lowest BCUT2D eigenvalue weighted by Crippen LogP contribution is -2.11. The molecule has 1 aromatic rings. The number of hydrogen-bond donors (Lipinski definition) is 1.